The van der Waals surface area contributed by atoms with Crippen LogP contribution < -0.4 is 5.69 Å². The number of H-pyrrole nitrogens is 1. The zero-order valence-electron chi connectivity index (χ0n) is 16.5. The van der Waals surface area contributed by atoms with Crippen LogP contribution in [0.2, 0.25) is 0 Å². The van der Waals surface area contributed by atoms with Crippen molar-refractivity contribution < 1.29 is 9.90 Å². The molecule has 2 N–H and O–H groups in total. The van der Waals surface area contributed by atoms with Gasteiger partial charge >= 0.3 is 5.69 Å². The maximum absolute atomic E-state index is 12.9. The van der Waals surface area contributed by atoms with Crippen LogP contribution in [0.1, 0.15) is 62.1 Å². The fourth-order valence-electron chi connectivity index (χ4n) is 4.23. The zero-order valence-corrected chi connectivity index (χ0v) is 16.5. The van der Waals surface area contributed by atoms with Crippen molar-refractivity contribution in [2.75, 3.05) is 32.7 Å². The Hall–Kier alpha value is -1.73. The van der Waals surface area contributed by atoms with Crippen molar-refractivity contribution in [2.45, 2.75) is 58.0 Å². The number of hydrogen-bond acceptors (Lipinski definition) is 5. The van der Waals surface area contributed by atoms with Gasteiger partial charge in [-0.15, -0.1) is 0 Å². The molecule has 0 saturated carbocycles. The fraction of sp³-hybridized carbons (Fsp3) is 0.750. The highest BCUT2D eigenvalue weighted by atomic mass is 16.3. The molecule has 0 bridgehead atoms. The van der Waals surface area contributed by atoms with Crippen molar-refractivity contribution in [1.29, 1.82) is 0 Å². The van der Waals surface area contributed by atoms with E-state index in [4.69, 9.17) is 0 Å². The van der Waals surface area contributed by atoms with E-state index >= 15 is 0 Å². The Morgan fingerprint density at radius 1 is 1.22 bits per heavy atom. The Labute approximate surface area is 160 Å². The summed E-state index contributed by atoms with van der Waals surface area (Å²) >= 11 is 0. The van der Waals surface area contributed by atoms with Gasteiger partial charge in [0.2, 0.25) is 0 Å². The predicted octanol–water partition coefficient (Wildman–Crippen LogP) is 1.42. The highest BCUT2D eigenvalue weighted by molar-refractivity contribution is 5.92. The van der Waals surface area contributed by atoms with Crippen molar-refractivity contribution in [2.24, 2.45) is 5.92 Å². The summed E-state index contributed by atoms with van der Waals surface area (Å²) in [6.07, 6.45) is 5.14. The first kappa shape index (κ1) is 20.0. The number of β-amino-alcohol motifs (C(OH)–C–C–N with tert-alkyl or cyclic N) is 1. The summed E-state index contributed by atoms with van der Waals surface area (Å²) in [6, 6.07) is 1.70. The quantitative estimate of drug-likeness (QED) is 0.811. The Kier molecular flexibility index (Phi) is 6.32. The molecular weight excluding hydrogens is 344 g/mol. The fourth-order valence-corrected chi connectivity index (χ4v) is 4.23. The molecule has 3 rings (SSSR count). The molecule has 2 aliphatic rings. The van der Waals surface area contributed by atoms with E-state index in [2.05, 4.69) is 28.7 Å². The van der Waals surface area contributed by atoms with Gasteiger partial charge in [0.1, 0.15) is 5.69 Å². The number of likely N-dealkylation sites (tertiary alicyclic amines) is 2. The third kappa shape index (κ3) is 5.39. The molecule has 0 unspecified atom stereocenters. The third-order valence-electron chi connectivity index (χ3n) is 5.57. The number of amides is 1. The first-order valence-electron chi connectivity index (χ1n) is 10.2. The molecule has 0 spiro atoms. The zero-order chi connectivity index (χ0) is 19.4. The Morgan fingerprint density at radius 2 is 1.96 bits per heavy atom. The minimum Gasteiger partial charge on any atom is -0.388 e. The lowest BCUT2D eigenvalue weighted by Gasteiger charge is -2.31. The summed E-state index contributed by atoms with van der Waals surface area (Å²) in [5.41, 5.74) is -0.256. The maximum Gasteiger partial charge on any atom is 0.345 e. The van der Waals surface area contributed by atoms with Crippen molar-refractivity contribution in [3.05, 3.63) is 27.9 Å². The lowest BCUT2D eigenvalue weighted by atomic mass is 9.94. The van der Waals surface area contributed by atoms with Crippen LogP contribution in [0.4, 0.5) is 0 Å². The van der Waals surface area contributed by atoms with Crippen LogP contribution in [0.5, 0.6) is 0 Å². The van der Waals surface area contributed by atoms with Gasteiger partial charge in [-0.1, -0.05) is 13.8 Å². The van der Waals surface area contributed by atoms with Gasteiger partial charge in [0.05, 0.1) is 5.60 Å². The van der Waals surface area contributed by atoms with Gasteiger partial charge in [0.25, 0.3) is 5.91 Å². The number of aromatic amines is 1. The number of nitrogens with one attached hydrogen (secondary N) is 1. The monoisotopic (exact) mass is 376 g/mol. The van der Waals surface area contributed by atoms with Crippen LogP contribution in [0.25, 0.3) is 0 Å². The molecule has 7 nitrogen and oxygen atoms in total. The van der Waals surface area contributed by atoms with E-state index in [1.54, 1.807) is 11.0 Å². The van der Waals surface area contributed by atoms with Gasteiger partial charge in [-0.2, -0.15) is 4.98 Å². The van der Waals surface area contributed by atoms with E-state index in [-0.39, 0.29) is 11.6 Å². The molecule has 0 aliphatic carbocycles. The molecule has 27 heavy (non-hydrogen) atoms. The van der Waals surface area contributed by atoms with E-state index in [0.717, 1.165) is 25.2 Å². The molecule has 3 heterocycles. The summed E-state index contributed by atoms with van der Waals surface area (Å²) in [5, 5.41) is 11.0. The minimum atomic E-state index is -0.732. The Bertz CT molecular complexity index is 711. The SMILES string of the molecule is CC(C)Cc1cc(C(=O)N2CCC[C@@](O)(CN3CCCC3)CC2)nc(=O)[nH]1. The summed E-state index contributed by atoms with van der Waals surface area (Å²) in [4.78, 5) is 35.5. The first-order valence-corrected chi connectivity index (χ1v) is 10.2. The van der Waals surface area contributed by atoms with E-state index in [1.807, 2.05) is 0 Å². The molecule has 2 aliphatic heterocycles. The molecule has 1 atom stereocenters. The average Bonchev–Trinajstić information content (AvgIpc) is 3.01. The number of carbonyl (C=O) groups is 1. The molecule has 0 radical (unpaired) electrons. The molecule has 7 heteroatoms. The molecule has 150 valence electrons. The molecule has 2 fully saturated rings. The molecule has 1 amide bonds. The van der Waals surface area contributed by atoms with Gasteiger partial charge in [0, 0.05) is 25.3 Å². The lowest BCUT2D eigenvalue weighted by molar-refractivity contribution is -0.00292. The molecular formula is C20H32N4O3. The highest BCUT2D eigenvalue weighted by Crippen LogP contribution is 2.25. The summed E-state index contributed by atoms with van der Waals surface area (Å²) in [7, 11) is 0. The Morgan fingerprint density at radius 3 is 2.67 bits per heavy atom. The second kappa shape index (κ2) is 8.52. The van der Waals surface area contributed by atoms with Crippen LogP contribution in [-0.2, 0) is 6.42 Å². The van der Waals surface area contributed by atoms with E-state index in [1.165, 1.54) is 12.8 Å². The van der Waals surface area contributed by atoms with Crippen LogP contribution >= 0.6 is 0 Å². The second-order valence-corrected chi connectivity index (χ2v) is 8.55. The van der Waals surface area contributed by atoms with Gasteiger partial charge in [0.15, 0.2) is 0 Å². The number of aromatic nitrogens is 2. The first-order chi connectivity index (χ1) is 12.8. The van der Waals surface area contributed by atoms with Gasteiger partial charge < -0.3 is 19.9 Å². The van der Waals surface area contributed by atoms with E-state index < -0.39 is 11.3 Å². The predicted molar refractivity (Wildman–Crippen MR) is 104 cm³/mol. The third-order valence-corrected chi connectivity index (χ3v) is 5.57. The number of carbonyl (C=O) groups excluding carboxylic acids is 1. The van der Waals surface area contributed by atoms with E-state index in [0.29, 0.717) is 44.8 Å². The smallest absolute Gasteiger partial charge is 0.345 e. The summed E-state index contributed by atoms with van der Waals surface area (Å²) in [6.45, 7) is 8.02. The standard InChI is InChI=1S/C20H32N4O3/c1-15(2)12-16-13-17(22-19(26)21-16)18(25)24-10-5-6-20(27,7-11-24)14-23-8-3-4-9-23/h13,15,27H,3-12,14H2,1-2H3,(H,21,22,26)/t20-/m0/s1. The lowest BCUT2D eigenvalue weighted by Crippen LogP contribution is -2.43. The number of hydrogen-bond donors (Lipinski definition) is 2. The van der Waals surface area contributed by atoms with Crippen molar-refractivity contribution in [3.8, 4) is 0 Å². The van der Waals surface area contributed by atoms with Gasteiger partial charge in [-0.3, -0.25) is 4.79 Å². The van der Waals surface area contributed by atoms with Gasteiger partial charge in [-0.05, 0) is 63.6 Å². The maximum atomic E-state index is 12.9. The van der Waals surface area contributed by atoms with Crippen molar-refractivity contribution in [3.63, 3.8) is 0 Å². The van der Waals surface area contributed by atoms with Crippen molar-refractivity contribution >= 4 is 5.91 Å². The number of aliphatic hydroxyl groups is 1. The molecule has 0 aromatic carbocycles. The molecule has 1 aromatic heterocycles. The molecule has 2 saturated heterocycles. The number of rotatable bonds is 5. The summed E-state index contributed by atoms with van der Waals surface area (Å²) < 4.78 is 0. The van der Waals surface area contributed by atoms with Crippen LogP contribution in [0, 0.1) is 5.92 Å². The normalized spacial score (nSPS) is 24.4. The van der Waals surface area contributed by atoms with E-state index in [9.17, 15) is 14.7 Å². The largest absolute Gasteiger partial charge is 0.388 e. The van der Waals surface area contributed by atoms with Gasteiger partial charge in [-0.25, -0.2) is 4.79 Å². The van der Waals surface area contributed by atoms with Crippen LogP contribution in [-0.4, -0.2) is 69.1 Å². The van der Waals surface area contributed by atoms with Crippen LogP contribution in [0.3, 0.4) is 0 Å². The topological polar surface area (TPSA) is 89.5 Å². The second-order valence-electron chi connectivity index (χ2n) is 8.55. The van der Waals surface area contributed by atoms with Crippen LogP contribution in [0.15, 0.2) is 10.9 Å². The highest BCUT2D eigenvalue weighted by Gasteiger charge is 2.34. The number of nitrogens with zero attached hydrogens (tertiary/aromatic N) is 3. The summed E-state index contributed by atoms with van der Waals surface area (Å²) in [5.74, 6) is 0.168. The molecule has 1 aromatic rings. The average molecular weight is 377 g/mol. The minimum absolute atomic E-state index is 0.208. The Balaban J connectivity index is 1.67. The van der Waals surface area contributed by atoms with Crippen molar-refractivity contribution in [1.82, 2.24) is 19.8 Å².